The molecule has 1 amide bonds. The monoisotopic (exact) mass is 488 g/mol. The lowest BCUT2D eigenvalue weighted by atomic mass is 10.0. The summed E-state index contributed by atoms with van der Waals surface area (Å²) >= 11 is 0. The van der Waals surface area contributed by atoms with E-state index in [0.29, 0.717) is 19.6 Å². The first-order valence-electron chi connectivity index (χ1n) is 12.5. The number of likely N-dealkylation sites (tertiary alicyclic amines) is 1. The Balaban J connectivity index is 0.998. The molecule has 2 N–H and O–H groups in total. The third-order valence-corrected chi connectivity index (χ3v) is 7.27. The first-order valence-corrected chi connectivity index (χ1v) is 12.5. The number of aromatic amines is 1. The van der Waals surface area contributed by atoms with Crippen molar-refractivity contribution in [3.8, 4) is 0 Å². The van der Waals surface area contributed by atoms with Crippen molar-refractivity contribution in [1.29, 1.82) is 0 Å². The van der Waals surface area contributed by atoms with Gasteiger partial charge in [0.25, 0.3) is 0 Å². The Morgan fingerprint density at radius 2 is 1.94 bits per heavy atom. The number of aromatic nitrogens is 4. The number of fused-ring (bicyclic) bond motifs is 2. The van der Waals surface area contributed by atoms with E-state index in [4.69, 9.17) is 4.74 Å². The zero-order valence-corrected chi connectivity index (χ0v) is 20.0. The van der Waals surface area contributed by atoms with Crippen LogP contribution < -0.4 is 5.32 Å². The van der Waals surface area contributed by atoms with Crippen LogP contribution >= 0.6 is 0 Å². The van der Waals surface area contributed by atoms with Crippen LogP contribution in [-0.2, 0) is 35.6 Å². The number of piperidine rings is 1. The van der Waals surface area contributed by atoms with E-state index in [2.05, 4.69) is 25.5 Å². The van der Waals surface area contributed by atoms with Crippen LogP contribution in [0.5, 0.6) is 0 Å². The van der Waals surface area contributed by atoms with Crippen molar-refractivity contribution >= 4 is 16.8 Å². The standard InChI is InChI=1S/C27H29FN6O2/c28-20-7-5-18(6-8-20)26-16-34-25(17-36-26)24(31-32-34)15-33-11-9-21(10-12-33)30-27(35)13-19-14-29-23-4-2-1-3-22(19)23/h1-8,14,21,26,29H,9-13,15-17H2,(H,30,35). The number of H-pyrrole nitrogens is 1. The summed E-state index contributed by atoms with van der Waals surface area (Å²) in [4.78, 5) is 18.3. The van der Waals surface area contributed by atoms with E-state index in [9.17, 15) is 9.18 Å². The molecule has 9 heteroatoms. The highest BCUT2D eigenvalue weighted by atomic mass is 19.1. The molecule has 6 rings (SSSR count). The number of ether oxygens (including phenoxy) is 1. The van der Waals surface area contributed by atoms with Crippen LogP contribution in [-0.4, -0.2) is 49.9 Å². The van der Waals surface area contributed by atoms with Crippen molar-refractivity contribution in [2.45, 2.75) is 51.1 Å². The second kappa shape index (κ2) is 9.83. The number of carbonyl (C=O) groups excluding carboxylic acids is 1. The van der Waals surface area contributed by atoms with Gasteiger partial charge in [0.1, 0.15) is 17.6 Å². The van der Waals surface area contributed by atoms with E-state index >= 15 is 0 Å². The average molecular weight is 489 g/mol. The molecule has 0 aliphatic carbocycles. The van der Waals surface area contributed by atoms with Gasteiger partial charge in [-0.1, -0.05) is 35.5 Å². The third-order valence-electron chi connectivity index (χ3n) is 7.27. The maximum Gasteiger partial charge on any atom is 0.224 e. The molecule has 2 aliphatic heterocycles. The second-order valence-corrected chi connectivity index (χ2v) is 9.67. The SMILES string of the molecule is O=C(Cc1c[nH]c2ccccc12)NC1CCN(Cc2nnn3c2COC(c2ccc(F)cc2)C3)CC1. The molecule has 1 atom stereocenters. The van der Waals surface area contributed by atoms with E-state index in [1.807, 2.05) is 35.1 Å². The Morgan fingerprint density at radius 3 is 2.78 bits per heavy atom. The van der Waals surface area contributed by atoms with Gasteiger partial charge in [0.05, 0.1) is 25.3 Å². The lowest BCUT2D eigenvalue weighted by Gasteiger charge is -2.32. The van der Waals surface area contributed by atoms with Crippen molar-refractivity contribution in [3.05, 3.63) is 83.1 Å². The molecule has 36 heavy (non-hydrogen) atoms. The maximum atomic E-state index is 13.2. The van der Waals surface area contributed by atoms with Crippen LogP contribution in [0.2, 0.25) is 0 Å². The Hall–Kier alpha value is -3.56. The predicted octanol–water partition coefficient (Wildman–Crippen LogP) is 3.49. The van der Waals surface area contributed by atoms with Gasteiger partial charge in [-0.05, 0) is 42.2 Å². The van der Waals surface area contributed by atoms with Gasteiger partial charge in [0.15, 0.2) is 0 Å². The number of nitrogens with one attached hydrogen (secondary N) is 2. The molecular weight excluding hydrogens is 459 g/mol. The minimum Gasteiger partial charge on any atom is -0.365 e. The largest absolute Gasteiger partial charge is 0.365 e. The topological polar surface area (TPSA) is 88.1 Å². The Morgan fingerprint density at radius 1 is 1.14 bits per heavy atom. The smallest absolute Gasteiger partial charge is 0.224 e. The zero-order chi connectivity index (χ0) is 24.5. The van der Waals surface area contributed by atoms with Gasteiger partial charge < -0.3 is 15.0 Å². The van der Waals surface area contributed by atoms with E-state index < -0.39 is 0 Å². The van der Waals surface area contributed by atoms with Gasteiger partial charge in [-0.25, -0.2) is 9.07 Å². The minimum absolute atomic E-state index is 0.0680. The molecule has 0 radical (unpaired) electrons. The summed E-state index contributed by atoms with van der Waals surface area (Å²) in [6, 6.07) is 14.7. The molecule has 2 aliphatic rings. The number of hydrogen-bond acceptors (Lipinski definition) is 5. The van der Waals surface area contributed by atoms with Crippen LogP contribution in [0.25, 0.3) is 10.9 Å². The van der Waals surface area contributed by atoms with Gasteiger partial charge in [-0.2, -0.15) is 0 Å². The molecule has 2 aromatic carbocycles. The van der Waals surface area contributed by atoms with Crippen molar-refractivity contribution in [2.75, 3.05) is 13.1 Å². The molecule has 4 aromatic rings. The Labute approximate surface area is 208 Å². The number of halogens is 1. The van der Waals surface area contributed by atoms with Crippen molar-refractivity contribution in [1.82, 2.24) is 30.2 Å². The van der Waals surface area contributed by atoms with Gasteiger partial charge in [-0.15, -0.1) is 5.10 Å². The third kappa shape index (κ3) is 4.76. The highest BCUT2D eigenvalue weighted by Crippen LogP contribution is 2.28. The fourth-order valence-corrected chi connectivity index (χ4v) is 5.24. The van der Waals surface area contributed by atoms with Crippen molar-refractivity contribution < 1.29 is 13.9 Å². The summed E-state index contributed by atoms with van der Waals surface area (Å²) in [5, 5.41) is 13.1. The fraction of sp³-hybridized carbons (Fsp3) is 0.370. The number of carbonyl (C=O) groups is 1. The fourth-order valence-electron chi connectivity index (χ4n) is 5.24. The van der Waals surface area contributed by atoms with Gasteiger partial charge >= 0.3 is 0 Å². The molecule has 1 saturated heterocycles. The lowest BCUT2D eigenvalue weighted by molar-refractivity contribution is -0.121. The second-order valence-electron chi connectivity index (χ2n) is 9.67. The predicted molar refractivity (Wildman–Crippen MR) is 132 cm³/mol. The molecule has 0 saturated carbocycles. The molecule has 2 aromatic heterocycles. The summed E-state index contributed by atoms with van der Waals surface area (Å²) in [5.74, 6) is -0.186. The summed E-state index contributed by atoms with van der Waals surface area (Å²) in [6.07, 6.45) is 3.97. The number of amides is 1. The Kier molecular flexibility index (Phi) is 6.25. The van der Waals surface area contributed by atoms with Crippen LogP contribution in [0.1, 0.15) is 41.5 Å². The van der Waals surface area contributed by atoms with Gasteiger partial charge in [0.2, 0.25) is 5.91 Å². The van der Waals surface area contributed by atoms with Crippen LogP contribution in [0.4, 0.5) is 4.39 Å². The number of para-hydroxylation sites is 1. The number of benzene rings is 2. The molecule has 4 heterocycles. The average Bonchev–Trinajstić information content (AvgIpc) is 3.49. The summed E-state index contributed by atoms with van der Waals surface area (Å²) in [6.45, 7) is 3.51. The molecule has 0 spiro atoms. The summed E-state index contributed by atoms with van der Waals surface area (Å²) < 4.78 is 21.2. The van der Waals surface area contributed by atoms with Crippen LogP contribution in [0, 0.1) is 5.82 Å². The van der Waals surface area contributed by atoms with Crippen LogP contribution in [0.15, 0.2) is 54.7 Å². The molecular formula is C27H29FN6O2. The number of hydrogen-bond donors (Lipinski definition) is 2. The first kappa shape index (κ1) is 22.9. The maximum absolute atomic E-state index is 13.2. The summed E-state index contributed by atoms with van der Waals surface area (Å²) in [5.41, 5.74) is 4.97. The molecule has 1 fully saturated rings. The van der Waals surface area contributed by atoms with Gasteiger partial charge in [-0.3, -0.25) is 9.69 Å². The van der Waals surface area contributed by atoms with E-state index in [0.717, 1.165) is 65.9 Å². The zero-order valence-electron chi connectivity index (χ0n) is 20.0. The van der Waals surface area contributed by atoms with Gasteiger partial charge in [0, 0.05) is 42.8 Å². The molecule has 0 bridgehead atoms. The number of nitrogens with zero attached hydrogens (tertiary/aromatic N) is 4. The van der Waals surface area contributed by atoms with E-state index in [1.54, 1.807) is 12.1 Å². The highest BCUT2D eigenvalue weighted by Gasteiger charge is 2.27. The van der Waals surface area contributed by atoms with E-state index in [-0.39, 0.29) is 23.9 Å². The van der Waals surface area contributed by atoms with E-state index in [1.165, 1.54) is 12.1 Å². The molecule has 1 unspecified atom stereocenters. The Bertz CT molecular complexity index is 1360. The normalized spacial score (nSPS) is 18.9. The minimum atomic E-state index is -0.254. The number of rotatable bonds is 6. The first-order chi connectivity index (χ1) is 17.6. The molecule has 186 valence electrons. The summed E-state index contributed by atoms with van der Waals surface area (Å²) in [7, 11) is 0. The lowest BCUT2D eigenvalue weighted by Crippen LogP contribution is -2.44. The van der Waals surface area contributed by atoms with Crippen LogP contribution in [0.3, 0.4) is 0 Å². The van der Waals surface area contributed by atoms with Crippen molar-refractivity contribution in [2.24, 2.45) is 0 Å². The van der Waals surface area contributed by atoms with Crippen molar-refractivity contribution in [3.63, 3.8) is 0 Å². The molecule has 8 nitrogen and oxygen atoms in total. The highest BCUT2D eigenvalue weighted by molar-refractivity contribution is 5.88. The quantitative estimate of drug-likeness (QED) is 0.434.